The van der Waals surface area contributed by atoms with Gasteiger partial charge in [0.1, 0.15) is 23.0 Å². The fraction of sp³-hybridized carbons (Fsp3) is 0. The number of hydrogen-bond donors (Lipinski definition) is 0. The number of hydrogen-bond acceptors (Lipinski definition) is 3. The number of fused-ring (bicyclic) bond motifs is 9. The lowest BCUT2D eigenvalue weighted by atomic mass is 9.33. The summed E-state index contributed by atoms with van der Waals surface area (Å²) in [6, 6.07) is 76.8. The highest BCUT2D eigenvalue weighted by atomic mass is 16.5. The second-order valence-corrected chi connectivity index (χ2v) is 18.0. The SMILES string of the molecule is c1ccc(N2c3cc(-n4c5ccccc5c5ccccc54)cc4c3B3c5c(cc(-n6c7ccccc7c7ccccc76)cc5Oc5cc(-n6c7ccccc7c7ccccc76)cc2c53)O4)cc1. The highest BCUT2D eigenvalue weighted by Gasteiger charge is 2.48. The van der Waals surface area contributed by atoms with E-state index in [0.29, 0.717) is 0 Å². The van der Waals surface area contributed by atoms with Crippen LogP contribution >= 0.6 is 0 Å². The molecule has 3 aliphatic rings. The lowest BCUT2D eigenvalue weighted by Crippen LogP contribution is -2.61. The molecular formula is C60H35BN4O2. The van der Waals surface area contributed by atoms with Crippen LogP contribution in [0.1, 0.15) is 0 Å². The summed E-state index contributed by atoms with van der Waals surface area (Å²) < 4.78 is 22.0. The van der Waals surface area contributed by atoms with Crippen LogP contribution in [0.3, 0.4) is 0 Å². The minimum Gasteiger partial charge on any atom is -0.458 e. The normalized spacial score (nSPS) is 13.3. The van der Waals surface area contributed by atoms with Crippen LogP contribution in [0.2, 0.25) is 0 Å². The summed E-state index contributed by atoms with van der Waals surface area (Å²) in [5, 5.41) is 7.27. The predicted octanol–water partition coefficient (Wildman–Crippen LogP) is 13.5. The van der Waals surface area contributed by atoms with Gasteiger partial charge in [0.05, 0.1) is 50.2 Å². The second-order valence-electron chi connectivity index (χ2n) is 18.0. The van der Waals surface area contributed by atoms with Gasteiger partial charge in [-0.05, 0) is 71.6 Å². The Bertz CT molecular complexity index is 3960. The minimum atomic E-state index is -0.158. The molecule has 0 spiro atoms. The van der Waals surface area contributed by atoms with Crippen LogP contribution in [0.15, 0.2) is 212 Å². The Morgan fingerprint density at radius 1 is 0.269 bits per heavy atom. The Hall–Kier alpha value is -8.94. The van der Waals surface area contributed by atoms with Gasteiger partial charge in [0, 0.05) is 79.1 Å². The van der Waals surface area contributed by atoms with Gasteiger partial charge in [-0.15, -0.1) is 0 Å². The number of ether oxygens (including phenoxy) is 2. The van der Waals surface area contributed by atoms with Crippen LogP contribution in [-0.2, 0) is 0 Å². The monoisotopic (exact) mass is 854 g/mol. The Labute approximate surface area is 384 Å². The maximum absolute atomic E-state index is 7.40. The Morgan fingerprint density at radius 3 is 0.896 bits per heavy atom. The molecule has 0 unspecified atom stereocenters. The second kappa shape index (κ2) is 12.9. The maximum atomic E-state index is 7.40. The lowest BCUT2D eigenvalue weighted by Gasteiger charge is -2.43. The molecular weight excluding hydrogens is 819 g/mol. The Morgan fingerprint density at radius 2 is 0.552 bits per heavy atom. The standard InChI is InChI=1S/C60H35BN4O2/c1-2-16-36(17-3-1)62-52-30-37(63-46-24-10-4-18-40(46)41-19-5-11-25-47(41)63)32-54-58(52)61-59-53(62)31-38(64-48-26-12-6-20-42(48)43-21-7-13-27-49(43)64)33-55(59)67-57-35-39(34-56(66-54)60(57)61)65-50-28-14-8-22-44(50)45-23-9-15-29-51(45)65/h1-35H. The van der Waals surface area contributed by atoms with Crippen molar-refractivity contribution in [2.45, 2.75) is 0 Å². The van der Waals surface area contributed by atoms with Crippen molar-refractivity contribution in [1.82, 2.24) is 13.7 Å². The molecule has 0 radical (unpaired) electrons. The van der Waals surface area contributed by atoms with Gasteiger partial charge in [0.25, 0.3) is 6.71 Å². The van der Waals surface area contributed by atoms with E-state index in [9.17, 15) is 0 Å². The van der Waals surface area contributed by atoms with Crippen molar-refractivity contribution in [2.75, 3.05) is 4.90 Å². The zero-order chi connectivity index (χ0) is 43.5. The van der Waals surface area contributed by atoms with E-state index in [-0.39, 0.29) is 6.71 Å². The van der Waals surface area contributed by atoms with Crippen LogP contribution in [0.4, 0.5) is 17.1 Å². The van der Waals surface area contributed by atoms with Crippen molar-refractivity contribution in [3.63, 3.8) is 0 Å². The first-order valence-corrected chi connectivity index (χ1v) is 23.0. The molecule has 0 atom stereocenters. The molecule has 3 aromatic heterocycles. The third-order valence-corrected chi connectivity index (χ3v) is 14.6. The molecule has 0 N–H and O–H groups in total. The van der Waals surface area contributed by atoms with E-state index in [1.807, 2.05) is 0 Å². The molecule has 0 aliphatic carbocycles. The molecule has 6 nitrogen and oxygen atoms in total. The van der Waals surface area contributed by atoms with E-state index in [4.69, 9.17) is 9.47 Å². The van der Waals surface area contributed by atoms with Crippen LogP contribution in [0.5, 0.6) is 23.0 Å². The van der Waals surface area contributed by atoms with Gasteiger partial charge < -0.3 is 28.1 Å². The summed E-state index contributed by atoms with van der Waals surface area (Å²) in [6.07, 6.45) is 0. The van der Waals surface area contributed by atoms with Gasteiger partial charge in [-0.2, -0.15) is 0 Å². The summed E-state index contributed by atoms with van der Waals surface area (Å²) in [5.41, 5.74) is 16.4. The molecule has 7 heteroatoms. The first kappa shape index (κ1) is 35.4. The van der Waals surface area contributed by atoms with Crippen molar-refractivity contribution in [1.29, 1.82) is 0 Å². The molecule has 0 saturated heterocycles. The van der Waals surface area contributed by atoms with Crippen molar-refractivity contribution in [3.8, 4) is 40.1 Å². The molecule has 16 rings (SSSR count). The predicted molar refractivity (Wildman–Crippen MR) is 275 cm³/mol. The molecule has 3 aliphatic heterocycles. The minimum absolute atomic E-state index is 0.158. The van der Waals surface area contributed by atoms with Crippen molar-refractivity contribution >= 4 is 106 Å². The molecule has 13 aromatic rings. The highest BCUT2D eigenvalue weighted by molar-refractivity contribution is 7.00. The Kier molecular flexibility index (Phi) is 6.80. The maximum Gasteiger partial charge on any atom is 0.266 e. The fourth-order valence-corrected chi connectivity index (χ4v) is 12.0. The average Bonchev–Trinajstić information content (AvgIpc) is 4.02. The van der Waals surface area contributed by atoms with E-state index in [1.54, 1.807) is 0 Å². The van der Waals surface area contributed by atoms with Crippen molar-refractivity contribution in [2.24, 2.45) is 0 Å². The summed E-state index contributed by atoms with van der Waals surface area (Å²) in [7, 11) is 0. The van der Waals surface area contributed by atoms with Crippen molar-refractivity contribution < 1.29 is 9.47 Å². The van der Waals surface area contributed by atoms with Crippen LogP contribution in [-0.4, -0.2) is 20.4 Å². The molecule has 0 fully saturated rings. The first-order chi connectivity index (χ1) is 33.2. The van der Waals surface area contributed by atoms with Crippen LogP contribution in [0.25, 0.3) is 82.5 Å². The quantitative estimate of drug-likeness (QED) is 0.166. The van der Waals surface area contributed by atoms with E-state index in [1.165, 1.54) is 32.3 Å². The van der Waals surface area contributed by atoms with Gasteiger partial charge in [-0.1, -0.05) is 127 Å². The fourth-order valence-electron chi connectivity index (χ4n) is 12.0. The molecule has 10 aromatic carbocycles. The number of rotatable bonds is 4. The van der Waals surface area contributed by atoms with Crippen LogP contribution in [0, 0.1) is 0 Å². The summed E-state index contributed by atoms with van der Waals surface area (Å²) >= 11 is 0. The molecule has 67 heavy (non-hydrogen) atoms. The number of nitrogens with zero attached hydrogens (tertiary/aromatic N) is 4. The van der Waals surface area contributed by atoms with E-state index >= 15 is 0 Å². The zero-order valence-electron chi connectivity index (χ0n) is 35.9. The van der Waals surface area contributed by atoms with Gasteiger partial charge in [-0.25, -0.2) is 0 Å². The largest absolute Gasteiger partial charge is 0.458 e. The Balaban J connectivity index is 1.03. The lowest BCUT2D eigenvalue weighted by molar-refractivity contribution is 0.464. The third kappa shape index (κ3) is 4.64. The average molecular weight is 855 g/mol. The first-order valence-electron chi connectivity index (χ1n) is 23.0. The summed E-state index contributed by atoms with van der Waals surface area (Å²) in [4.78, 5) is 2.44. The van der Waals surface area contributed by atoms with Gasteiger partial charge in [-0.3, -0.25) is 0 Å². The van der Waals surface area contributed by atoms with Gasteiger partial charge in [0.2, 0.25) is 0 Å². The van der Waals surface area contributed by atoms with E-state index < -0.39 is 0 Å². The number of aromatic nitrogens is 3. The molecule has 0 bridgehead atoms. The number of para-hydroxylation sites is 7. The van der Waals surface area contributed by atoms with Gasteiger partial charge in [0.15, 0.2) is 0 Å². The summed E-state index contributed by atoms with van der Waals surface area (Å²) in [6.45, 7) is -0.158. The third-order valence-electron chi connectivity index (χ3n) is 14.6. The summed E-state index contributed by atoms with van der Waals surface area (Å²) in [5.74, 6) is 3.27. The van der Waals surface area contributed by atoms with E-state index in [2.05, 4.69) is 231 Å². The van der Waals surface area contributed by atoms with E-state index in [0.717, 1.165) is 107 Å². The van der Waals surface area contributed by atoms with Gasteiger partial charge >= 0.3 is 0 Å². The topological polar surface area (TPSA) is 36.5 Å². The highest BCUT2D eigenvalue weighted by Crippen LogP contribution is 2.49. The zero-order valence-corrected chi connectivity index (χ0v) is 35.9. The smallest absolute Gasteiger partial charge is 0.266 e. The molecule has 0 saturated carbocycles. The molecule has 310 valence electrons. The number of anilines is 3. The molecule has 6 heterocycles. The van der Waals surface area contributed by atoms with Crippen LogP contribution < -0.4 is 30.8 Å². The molecule has 0 amide bonds. The van der Waals surface area contributed by atoms with Crippen molar-refractivity contribution in [3.05, 3.63) is 212 Å². The number of benzene rings is 10.